The van der Waals surface area contributed by atoms with E-state index in [-0.39, 0.29) is 11.8 Å². The normalized spacial score (nSPS) is 14.3. The second-order valence-corrected chi connectivity index (χ2v) is 4.98. The molecule has 0 saturated carbocycles. The molecule has 0 radical (unpaired) electrons. The van der Waals surface area contributed by atoms with Gasteiger partial charge >= 0.3 is 5.97 Å². The van der Waals surface area contributed by atoms with Gasteiger partial charge in [0.2, 0.25) is 5.91 Å². The summed E-state index contributed by atoms with van der Waals surface area (Å²) in [6, 6.07) is -0.375. The molecule has 3 N–H and O–H groups in total. The van der Waals surface area contributed by atoms with E-state index in [2.05, 4.69) is 10.6 Å². The number of carbonyl (C=O) groups excluding carboxylic acids is 1. The van der Waals surface area contributed by atoms with Crippen molar-refractivity contribution in [2.75, 3.05) is 6.54 Å². The molecule has 18 heavy (non-hydrogen) atoms. The van der Waals surface area contributed by atoms with E-state index < -0.39 is 12.0 Å². The van der Waals surface area contributed by atoms with Crippen LogP contribution in [0.4, 0.5) is 0 Å². The van der Waals surface area contributed by atoms with Crippen molar-refractivity contribution >= 4 is 11.9 Å². The fraction of sp³-hybridized carbons (Fsp3) is 0.846. The van der Waals surface area contributed by atoms with Crippen LogP contribution >= 0.6 is 0 Å². The number of nitrogens with one attached hydrogen (secondary N) is 2. The zero-order valence-electron chi connectivity index (χ0n) is 11.8. The van der Waals surface area contributed by atoms with Crippen molar-refractivity contribution in [2.24, 2.45) is 5.92 Å². The predicted octanol–water partition coefficient (Wildman–Crippen LogP) is 1.38. The Kier molecular flexibility index (Phi) is 8.37. The van der Waals surface area contributed by atoms with E-state index in [9.17, 15) is 9.59 Å². The molecule has 0 aliphatic carbocycles. The Bertz CT molecular complexity index is 267. The SMILES string of the molecule is CCC(C)C(NC(=O)CCCNC(C)C)C(=O)O. The smallest absolute Gasteiger partial charge is 0.326 e. The van der Waals surface area contributed by atoms with E-state index in [0.29, 0.717) is 12.5 Å². The number of aliphatic carboxylic acids is 1. The van der Waals surface area contributed by atoms with Crippen LogP contribution in [-0.2, 0) is 9.59 Å². The summed E-state index contributed by atoms with van der Waals surface area (Å²) in [5, 5.41) is 14.8. The van der Waals surface area contributed by atoms with E-state index >= 15 is 0 Å². The summed E-state index contributed by atoms with van der Waals surface area (Å²) in [6.45, 7) is 8.61. The molecule has 106 valence electrons. The van der Waals surface area contributed by atoms with Crippen molar-refractivity contribution in [3.63, 3.8) is 0 Å². The molecular weight excluding hydrogens is 232 g/mol. The standard InChI is InChI=1S/C13H26N2O3/c1-5-10(4)12(13(17)18)15-11(16)7-6-8-14-9(2)3/h9-10,12,14H,5-8H2,1-4H3,(H,15,16)(H,17,18). The first-order valence-corrected chi connectivity index (χ1v) is 6.64. The fourth-order valence-electron chi connectivity index (χ4n) is 1.57. The van der Waals surface area contributed by atoms with Crippen molar-refractivity contribution in [3.8, 4) is 0 Å². The van der Waals surface area contributed by atoms with E-state index in [1.165, 1.54) is 0 Å². The molecule has 0 spiro atoms. The molecule has 5 nitrogen and oxygen atoms in total. The van der Waals surface area contributed by atoms with Gasteiger partial charge in [-0.3, -0.25) is 4.79 Å². The number of rotatable bonds is 9. The number of carboxylic acid groups (broad SMARTS) is 1. The Balaban J connectivity index is 4.00. The summed E-state index contributed by atoms with van der Waals surface area (Å²) >= 11 is 0. The monoisotopic (exact) mass is 258 g/mol. The lowest BCUT2D eigenvalue weighted by molar-refractivity contribution is -0.143. The Morgan fingerprint density at radius 2 is 1.83 bits per heavy atom. The zero-order valence-corrected chi connectivity index (χ0v) is 11.8. The fourth-order valence-corrected chi connectivity index (χ4v) is 1.57. The number of hydrogen-bond donors (Lipinski definition) is 3. The number of hydrogen-bond acceptors (Lipinski definition) is 3. The molecule has 1 amide bonds. The topological polar surface area (TPSA) is 78.4 Å². The Morgan fingerprint density at radius 1 is 1.22 bits per heavy atom. The first-order chi connectivity index (χ1) is 8.38. The van der Waals surface area contributed by atoms with Gasteiger partial charge in [-0.25, -0.2) is 4.79 Å². The van der Waals surface area contributed by atoms with Crippen molar-refractivity contribution < 1.29 is 14.7 Å². The number of carbonyl (C=O) groups is 2. The molecule has 2 unspecified atom stereocenters. The molecule has 0 aromatic rings. The maximum Gasteiger partial charge on any atom is 0.326 e. The Labute approximate surface area is 109 Å². The summed E-state index contributed by atoms with van der Waals surface area (Å²) in [7, 11) is 0. The minimum absolute atomic E-state index is 0.0553. The maximum atomic E-state index is 11.6. The van der Waals surface area contributed by atoms with Crippen LogP contribution < -0.4 is 10.6 Å². The van der Waals surface area contributed by atoms with Gasteiger partial charge in [-0.2, -0.15) is 0 Å². The molecule has 0 aromatic carbocycles. The van der Waals surface area contributed by atoms with Crippen molar-refractivity contribution in [2.45, 2.75) is 59.0 Å². The Hall–Kier alpha value is -1.10. The van der Waals surface area contributed by atoms with Gasteiger partial charge < -0.3 is 15.7 Å². The van der Waals surface area contributed by atoms with Gasteiger partial charge in [0.25, 0.3) is 0 Å². The average Bonchev–Trinajstić information content (AvgIpc) is 2.30. The van der Waals surface area contributed by atoms with E-state index in [0.717, 1.165) is 19.4 Å². The summed E-state index contributed by atoms with van der Waals surface area (Å²) in [5.41, 5.74) is 0. The lowest BCUT2D eigenvalue weighted by Crippen LogP contribution is -2.45. The van der Waals surface area contributed by atoms with Gasteiger partial charge in [-0.05, 0) is 18.9 Å². The van der Waals surface area contributed by atoms with Crippen molar-refractivity contribution in [3.05, 3.63) is 0 Å². The lowest BCUT2D eigenvalue weighted by Gasteiger charge is -2.20. The summed E-state index contributed by atoms with van der Waals surface area (Å²) in [6.07, 6.45) is 1.81. The lowest BCUT2D eigenvalue weighted by atomic mass is 9.99. The van der Waals surface area contributed by atoms with Gasteiger partial charge in [0.15, 0.2) is 0 Å². The third-order valence-corrected chi connectivity index (χ3v) is 2.93. The van der Waals surface area contributed by atoms with Gasteiger partial charge in [0.05, 0.1) is 0 Å². The highest BCUT2D eigenvalue weighted by Crippen LogP contribution is 2.08. The first-order valence-electron chi connectivity index (χ1n) is 6.64. The average molecular weight is 258 g/mol. The molecule has 0 aliphatic rings. The molecule has 0 saturated heterocycles. The molecule has 5 heteroatoms. The molecule has 0 aromatic heterocycles. The van der Waals surface area contributed by atoms with Crippen LogP contribution in [-0.4, -0.2) is 35.6 Å². The third-order valence-electron chi connectivity index (χ3n) is 2.93. The quantitative estimate of drug-likeness (QED) is 0.546. The van der Waals surface area contributed by atoms with Crippen LogP contribution in [0.25, 0.3) is 0 Å². The Morgan fingerprint density at radius 3 is 2.28 bits per heavy atom. The van der Waals surface area contributed by atoms with Gasteiger partial charge in [-0.1, -0.05) is 34.1 Å². The largest absolute Gasteiger partial charge is 0.480 e. The van der Waals surface area contributed by atoms with Crippen LogP contribution in [0.5, 0.6) is 0 Å². The molecular formula is C13H26N2O3. The summed E-state index contributed by atoms with van der Waals surface area (Å²) < 4.78 is 0. The van der Waals surface area contributed by atoms with Crippen LogP contribution in [0.1, 0.15) is 47.0 Å². The second-order valence-electron chi connectivity index (χ2n) is 4.98. The van der Waals surface area contributed by atoms with Crippen molar-refractivity contribution in [1.82, 2.24) is 10.6 Å². The zero-order chi connectivity index (χ0) is 14.1. The third kappa shape index (κ3) is 7.27. The maximum absolute atomic E-state index is 11.6. The highest BCUT2D eigenvalue weighted by atomic mass is 16.4. The van der Waals surface area contributed by atoms with Gasteiger partial charge in [0, 0.05) is 12.5 Å². The predicted molar refractivity (Wildman–Crippen MR) is 71.4 cm³/mol. The number of carboxylic acids is 1. The van der Waals surface area contributed by atoms with Gasteiger partial charge in [0.1, 0.15) is 6.04 Å². The minimum atomic E-state index is -0.960. The molecule has 0 aliphatic heterocycles. The first kappa shape index (κ1) is 16.9. The van der Waals surface area contributed by atoms with Crippen LogP contribution in [0.15, 0.2) is 0 Å². The highest BCUT2D eigenvalue weighted by Gasteiger charge is 2.24. The van der Waals surface area contributed by atoms with E-state index in [4.69, 9.17) is 5.11 Å². The summed E-state index contributed by atoms with van der Waals surface area (Å²) in [4.78, 5) is 22.6. The molecule has 2 atom stereocenters. The molecule has 0 bridgehead atoms. The minimum Gasteiger partial charge on any atom is -0.480 e. The second kappa shape index (κ2) is 8.91. The molecule has 0 heterocycles. The van der Waals surface area contributed by atoms with Crippen LogP contribution in [0, 0.1) is 5.92 Å². The summed E-state index contributed by atoms with van der Waals surface area (Å²) in [5.74, 6) is -1.20. The molecule has 0 rings (SSSR count). The molecule has 0 fully saturated rings. The number of amides is 1. The van der Waals surface area contributed by atoms with E-state index in [1.807, 2.05) is 27.7 Å². The van der Waals surface area contributed by atoms with Crippen LogP contribution in [0.3, 0.4) is 0 Å². The van der Waals surface area contributed by atoms with Crippen LogP contribution in [0.2, 0.25) is 0 Å². The van der Waals surface area contributed by atoms with Crippen molar-refractivity contribution in [1.29, 1.82) is 0 Å². The van der Waals surface area contributed by atoms with E-state index in [1.54, 1.807) is 0 Å². The highest BCUT2D eigenvalue weighted by molar-refractivity contribution is 5.83. The van der Waals surface area contributed by atoms with Gasteiger partial charge in [-0.15, -0.1) is 0 Å².